The molecule has 1 aromatic rings. The zero-order valence-corrected chi connectivity index (χ0v) is 9.95. The Morgan fingerprint density at radius 1 is 1.31 bits per heavy atom. The zero-order chi connectivity index (χ0) is 11.4. The average Bonchev–Trinajstić information content (AvgIpc) is 3.11. The van der Waals surface area contributed by atoms with Gasteiger partial charge in [-0.3, -0.25) is 0 Å². The third-order valence-electron chi connectivity index (χ3n) is 3.61. The fourth-order valence-corrected chi connectivity index (χ4v) is 2.02. The minimum Gasteiger partial charge on any atom is -0.396 e. The van der Waals surface area contributed by atoms with Crippen LogP contribution in [0.2, 0.25) is 0 Å². The summed E-state index contributed by atoms with van der Waals surface area (Å²) in [7, 11) is 0. The molecule has 2 rings (SSSR count). The summed E-state index contributed by atoms with van der Waals surface area (Å²) in [4.78, 5) is 0. The summed E-state index contributed by atoms with van der Waals surface area (Å²) >= 11 is 0. The van der Waals surface area contributed by atoms with E-state index in [1.807, 2.05) is 0 Å². The molecule has 0 aromatic heterocycles. The van der Waals surface area contributed by atoms with Gasteiger partial charge in [0, 0.05) is 25.1 Å². The third kappa shape index (κ3) is 2.83. The van der Waals surface area contributed by atoms with E-state index in [1.165, 1.54) is 18.4 Å². The molecule has 0 amide bonds. The Morgan fingerprint density at radius 2 is 2.00 bits per heavy atom. The van der Waals surface area contributed by atoms with Crippen LogP contribution in [0.15, 0.2) is 30.3 Å². The number of aliphatic hydroxyl groups is 1. The molecule has 0 bridgehead atoms. The number of rotatable bonds is 6. The van der Waals surface area contributed by atoms with Crippen molar-refractivity contribution in [3.05, 3.63) is 35.9 Å². The first kappa shape index (κ1) is 11.6. The van der Waals surface area contributed by atoms with Crippen LogP contribution in [0, 0.1) is 5.41 Å². The molecule has 1 aliphatic rings. The number of benzene rings is 1. The maximum atomic E-state index is 9.20. The molecular formula is C14H21NO. The molecule has 16 heavy (non-hydrogen) atoms. The van der Waals surface area contributed by atoms with Gasteiger partial charge in [-0.05, 0) is 24.3 Å². The lowest BCUT2D eigenvalue weighted by atomic mass is 10.0. The van der Waals surface area contributed by atoms with Crippen LogP contribution in [0.25, 0.3) is 0 Å². The van der Waals surface area contributed by atoms with Crippen LogP contribution in [0.3, 0.4) is 0 Å². The van der Waals surface area contributed by atoms with Gasteiger partial charge < -0.3 is 10.4 Å². The minimum absolute atomic E-state index is 0.219. The third-order valence-corrected chi connectivity index (χ3v) is 3.61. The van der Waals surface area contributed by atoms with Crippen LogP contribution in [0.5, 0.6) is 0 Å². The lowest BCUT2D eigenvalue weighted by Crippen LogP contribution is -2.29. The molecule has 0 radical (unpaired) electrons. The van der Waals surface area contributed by atoms with Gasteiger partial charge >= 0.3 is 0 Å². The van der Waals surface area contributed by atoms with E-state index >= 15 is 0 Å². The molecule has 1 fully saturated rings. The van der Waals surface area contributed by atoms with E-state index in [1.54, 1.807) is 0 Å². The molecule has 0 heterocycles. The Hall–Kier alpha value is -0.860. The molecule has 1 unspecified atom stereocenters. The highest BCUT2D eigenvalue weighted by Crippen LogP contribution is 2.44. The second kappa shape index (κ2) is 4.98. The van der Waals surface area contributed by atoms with Crippen molar-refractivity contribution >= 4 is 0 Å². The summed E-state index contributed by atoms with van der Waals surface area (Å²) in [5, 5.41) is 12.7. The molecule has 0 aliphatic heterocycles. The van der Waals surface area contributed by atoms with Crippen molar-refractivity contribution in [1.29, 1.82) is 0 Å². The normalized spacial score (nSPS) is 19.4. The lowest BCUT2D eigenvalue weighted by molar-refractivity contribution is 0.207. The minimum atomic E-state index is 0.219. The van der Waals surface area contributed by atoms with Crippen molar-refractivity contribution in [2.75, 3.05) is 19.7 Å². The summed E-state index contributed by atoms with van der Waals surface area (Å²) in [5.41, 5.74) is 1.60. The standard InChI is InChI=1S/C14H21NO/c1-12(13-5-3-2-4-6-13)9-15-10-14(11-16)7-8-14/h2-6,12,15-16H,7-11H2,1H3. The molecule has 0 spiro atoms. The van der Waals surface area contributed by atoms with Crippen molar-refractivity contribution < 1.29 is 5.11 Å². The molecule has 1 saturated carbocycles. The second-order valence-corrected chi connectivity index (χ2v) is 5.10. The van der Waals surface area contributed by atoms with Gasteiger partial charge in [-0.1, -0.05) is 37.3 Å². The van der Waals surface area contributed by atoms with E-state index < -0.39 is 0 Å². The molecule has 1 aliphatic carbocycles. The fraction of sp³-hybridized carbons (Fsp3) is 0.571. The van der Waals surface area contributed by atoms with Gasteiger partial charge in [-0.2, -0.15) is 0 Å². The molecule has 2 nitrogen and oxygen atoms in total. The predicted molar refractivity (Wildman–Crippen MR) is 66.5 cm³/mol. The van der Waals surface area contributed by atoms with E-state index in [2.05, 4.69) is 42.6 Å². The SMILES string of the molecule is CC(CNCC1(CO)CC1)c1ccccc1. The van der Waals surface area contributed by atoms with Gasteiger partial charge in [0.1, 0.15) is 0 Å². The maximum Gasteiger partial charge on any atom is 0.0499 e. The first-order chi connectivity index (χ1) is 7.76. The summed E-state index contributed by atoms with van der Waals surface area (Å²) in [6.07, 6.45) is 2.35. The molecule has 0 saturated heterocycles. The van der Waals surface area contributed by atoms with Crippen molar-refractivity contribution in [1.82, 2.24) is 5.32 Å². The smallest absolute Gasteiger partial charge is 0.0499 e. The number of aliphatic hydroxyl groups excluding tert-OH is 1. The number of hydrogen-bond donors (Lipinski definition) is 2. The van der Waals surface area contributed by atoms with Gasteiger partial charge in [-0.15, -0.1) is 0 Å². The molecule has 88 valence electrons. The average molecular weight is 219 g/mol. The molecule has 2 heteroatoms. The second-order valence-electron chi connectivity index (χ2n) is 5.10. The highest BCUT2D eigenvalue weighted by Gasteiger charge is 2.41. The zero-order valence-electron chi connectivity index (χ0n) is 9.95. The van der Waals surface area contributed by atoms with Gasteiger partial charge in [-0.25, -0.2) is 0 Å². The van der Waals surface area contributed by atoms with Crippen molar-refractivity contribution in [2.45, 2.75) is 25.7 Å². The summed E-state index contributed by atoms with van der Waals surface area (Å²) in [6, 6.07) is 10.6. The quantitative estimate of drug-likeness (QED) is 0.768. The Labute approximate surface area is 97.7 Å². The number of nitrogens with one attached hydrogen (secondary N) is 1. The molecular weight excluding hydrogens is 198 g/mol. The molecule has 2 N–H and O–H groups in total. The lowest BCUT2D eigenvalue weighted by Gasteiger charge is -2.16. The van der Waals surface area contributed by atoms with Crippen molar-refractivity contribution in [3.63, 3.8) is 0 Å². The Morgan fingerprint density at radius 3 is 2.56 bits per heavy atom. The van der Waals surface area contributed by atoms with Crippen molar-refractivity contribution in [3.8, 4) is 0 Å². The van der Waals surface area contributed by atoms with E-state index in [0.29, 0.717) is 12.5 Å². The maximum absolute atomic E-state index is 9.20. The van der Waals surface area contributed by atoms with Crippen LogP contribution in [-0.4, -0.2) is 24.8 Å². The number of hydrogen-bond acceptors (Lipinski definition) is 2. The molecule has 1 aromatic carbocycles. The first-order valence-electron chi connectivity index (χ1n) is 6.12. The highest BCUT2D eigenvalue weighted by molar-refractivity contribution is 5.19. The van der Waals surface area contributed by atoms with Gasteiger partial charge in [0.15, 0.2) is 0 Å². The van der Waals surface area contributed by atoms with E-state index in [9.17, 15) is 5.11 Å². The van der Waals surface area contributed by atoms with Crippen LogP contribution >= 0.6 is 0 Å². The first-order valence-corrected chi connectivity index (χ1v) is 6.12. The summed E-state index contributed by atoms with van der Waals surface area (Å²) < 4.78 is 0. The van der Waals surface area contributed by atoms with E-state index in [-0.39, 0.29) is 5.41 Å². The van der Waals surface area contributed by atoms with Crippen molar-refractivity contribution in [2.24, 2.45) is 5.41 Å². The van der Waals surface area contributed by atoms with Crippen LogP contribution in [0.1, 0.15) is 31.2 Å². The fourth-order valence-electron chi connectivity index (χ4n) is 2.02. The van der Waals surface area contributed by atoms with Gasteiger partial charge in [0.2, 0.25) is 0 Å². The summed E-state index contributed by atoms with van der Waals surface area (Å²) in [6.45, 7) is 4.52. The van der Waals surface area contributed by atoms with Gasteiger partial charge in [0.05, 0.1) is 0 Å². The van der Waals surface area contributed by atoms with Crippen LogP contribution < -0.4 is 5.32 Å². The van der Waals surface area contributed by atoms with E-state index in [4.69, 9.17) is 0 Å². The van der Waals surface area contributed by atoms with Gasteiger partial charge in [0.25, 0.3) is 0 Å². The summed E-state index contributed by atoms with van der Waals surface area (Å²) in [5.74, 6) is 0.538. The van der Waals surface area contributed by atoms with E-state index in [0.717, 1.165) is 13.1 Å². The van der Waals surface area contributed by atoms with Crippen LogP contribution in [-0.2, 0) is 0 Å². The largest absolute Gasteiger partial charge is 0.396 e. The monoisotopic (exact) mass is 219 g/mol. The molecule has 1 atom stereocenters. The van der Waals surface area contributed by atoms with Crippen LogP contribution in [0.4, 0.5) is 0 Å². The Kier molecular flexibility index (Phi) is 3.62. The topological polar surface area (TPSA) is 32.3 Å². The Bertz CT molecular complexity index is 319. The highest BCUT2D eigenvalue weighted by atomic mass is 16.3. The predicted octanol–water partition coefficient (Wildman–Crippen LogP) is 2.15. The Balaban J connectivity index is 1.74.